The fourth-order valence-electron chi connectivity index (χ4n) is 1.76. The van der Waals surface area contributed by atoms with Gasteiger partial charge in [0.25, 0.3) is 5.88 Å². The average molecular weight is 388 g/mol. The number of methoxy groups -OCH3 is 1. The van der Waals surface area contributed by atoms with Crippen molar-refractivity contribution >= 4 is 35.2 Å². The summed E-state index contributed by atoms with van der Waals surface area (Å²) in [6.45, 7) is 3.31. The highest BCUT2D eigenvalue weighted by Crippen LogP contribution is 2.36. The molecule has 0 radical (unpaired) electrons. The van der Waals surface area contributed by atoms with Crippen LogP contribution in [0.15, 0.2) is 24.8 Å². The molecule has 0 aliphatic carbocycles. The van der Waals surface area contributed by atoms with Gasteiger partial charge in [0.15, 0.2) is 17.4 Å². The van der Waals surface area contributed by atoms with Crippen LogP contribution in [0.25, 0.3) is 11.4 Å². The van der Waals surface area contributed by atoms with Crippen molar-refractivity contribution in [3.05, 3.63) is 40.7 Å². The fourth-order valence-corrected chi connectivity index (χ4v) is 2.10. The van der Waals surface area contributed by atoms with Crippen molar-refractivity contribution in [2.45, 2.75) is 0 Å². The van der Waals surface area contributed by atoms with Crippen molar-refractivity contribution in [1.29, 1.82) is 0 Å². The molecule has 2 N–H and O–H groups in total. The number of ether oxygens (including phenoxy) is 3. The Morgan fingerprint density at radius 2 is 2.12 bits per heavy atom. The molecule has 0 unspecified atom stereocenters. The van der Waals surface area contributed by atoms with E-state index in [1.54, 1.807) is 0 Å². The zero-order valence-electron chi connectivity index (χ0n) is 12.9. The van der Waals surface area contributed by atoms with Crippen molar-refractivity contribution in [2.75, 3.05) is 19.5 Å². The van der Waals surface area contributed by atoms with Crippen molar-refractivity contribution < 1.29 is 23.4 Å². The summed E-state index contributed by atoms with van der Waals surface area (Å²) in [6, 6.07) is 2.72. The Bertz CT molecular complexity index is 833. The third kappa shape index (κ3) is 4.09. The number of nitrogen functional groups attached to an aromatic ring is 1. The van der Waals surface area contributed by atoms with E-state index in [9.17, 15) is 9.18 Å². The molecule has 0 saturated carbocycles. The Balaban J connectivity index is 2.47. The second-order valence-electron chi connectivity index (χ2n) is 4.45. The van der Waals surface area contributed by atoms with Gasteiger partial charge in [0.1, 0.15) is 17.4 Å². The lowest BCUT2D eigenvalue weighted by Gasteiger charge is -2.11. The smallest absolute Gasteiger partial charge is 0.492 e. The molecule has 1 heterocycles. The largest absolute Gasteiger partial charge is 0.515 e. The molecular weight excluding hydrogens is 376 g/mol. The zero-order chi connectivity index (χ0) is 18.6. The van der Waals surface area contributed by atoms with Crippen molar-refractivity contribution in [1.82, 2.24) is 9.97 Å². The van der Waals surface area contributed by atoms with E-state index in [1.165, 1.54) is 25.3 Å². The van der Waals surface area contributed by atoms with Crippen molar-refractivity contribution in [3.8, 4) is 23.0 Å². The second kappa shape index (κ2) is 8.00. The van der Waals surface area contributed by atoms with Crippen LogP contribution < -0.4 is 15.2 Å². The Hall–Kier alpha value is -2.58. The highest BCUT2D eigenvalue weighted by atomic mass is 35.5. The molecule has 1 aromatic carbocycles. The number of carbonyl (C=O) groups excluding carboxylic acids is 1. The van der Waals surface area contributed by atoms with Crippen LogP contribution in [0.2, 0.25) is 10.0 Å². The Morgan fingerprint density at radius 3 is 2.76 bits per heavy atom. The number of anilines is 1. The number of nitrogens with zero attached hydrogens (tertiary/aromatic N) is 2. The summed E-state index contributed by atoms with van der Waals surface area (Å²) < 4.78 is 28.9. The first-order valence-electron chi connectivity index (χ1n) is 6.69. The first-order valence-corrected chi connectivity index (χ1v) is 7.45. The van der Waals surface area contributed by atoms with Gasteiger partial charge in [-0.1, -0.05) is 35.9 Å². The standard InChI is InChI=1S/C15H12Cl2FN3O4/c1-3-6-24-15(22)25-14-9(17)12(19)20-13(21-14)7-4-5-8(16)11(23-2)10(7)18/h3-5H,1,6H2,2H3,(H2,19,20,21). The van der Waals surface area contributed by atoms with E-state index in [2.05, 4.69) is 21.3 Å². The van der Waals surface area contributed by atoms with Gasteiger partial charge in [-0.05, 0) is 12.1 Å². The first-order chi connectivity index (χ1) is 11.9. The highest BCUT2D eigenvalue weighted by Gasteiger charge is 2.21. The Kier molecular flexibility index (Phi) is 6.00. The van der Waals surface area contributed by atoms with Gasteiger partial charge in [0.2, 0.25) is 0 Å². The lowest BCUT2D eigenvalue weighted by atomic mass is 10.2. The number of aromatic nitrogens is 2. The zero-order valence-corrected chi connectivity index (χ0v) is 14.4. The normalized spacial score (nSPS) is 10.2. The number of carbonyl (C=O) groups is 1. The molecule has 0 atom stereocenters. The molecule has 0 fully saturated rings. The number of benzene rings is 1. The summed E-state index contributed by atoms with van der Waals surface area (Å²) in [5.41, 5.74) is 5.60. The van der Waals surface area contributed by atoms with Gasteiger partial charge in [0, 0.05) is 0 Å². The number of halogens is 3. The topological polar surface area (TPSA) is 96.6 Å². The van der Waals surface area contributed by atoms with E-state index in [4.69, 9.17) is 38.4 Å². The monoisotopic (exact) mass is 387 g/mol. The quantitative estimate of drug-likeness (QED) is 0.613. The van der Waals surface area contributed by atoms with Gasteiger partial charge in [-0.25, -0.2) is 14.2 Å². The third-order valence-electron chi connectivity index (χ3n) is 2.84. The predicted octanol–water partition coefficient (Wildman–Crippen LogP) is 3.88. The van der Waals surface area contributed by atoms with E-state index in [0.29, 0.717) is 0 Å². The first kappa shape index (κ1) is 18.8. The summed E-state index contributed by atoms with van der Waals surface area (Å²) in [5, 5.41) is -0.157. The molecule has 0 spiro atoms. The van der Waals surface area contributed by atoms with Gasteiger partial charge < -0.3 is 19.9 Å². The summed E-state index contributed by atoms with van der Waals surface area (Å²) in [4.78, 5) is 19.3. The summed E-state index contributed by atoms with van der Waals surface area (Å²) in [5.74, 6) is -1.78. The van der Waals surface area contributed by atoms with Crippen molar-refractivity contribution in [3.63, 3.8) is 0 Å². The van der Waals surface area contributed by atoms with Crippen LogP contribution in [-0.4, -0.2) is 29.8 Å². The second-order valence-corrected chi connectivity index (χ2v) is 5.23. The van der Waals surface area contributed by atoms with E-state index in [-0.39, 0.29) is 45.5 Å². The van der Waals surface area contributed by atoms with E-state index < -0.39 is 12.0 Å². The minimum atomic E-state index is -1.08. The number of rotatable bonds is 5. The third-order valence-corrected chi connectivity index (χ3v) is 3.49. The molecule has 0 amide bonds. The lowest BCUT2D eigenvalue weighted by molar-refractivity contribution is 0.108. The van der Waals surface area contributed by atoms with Crippen LogP contribution in [0.1, 0.15) is 0 Å². The molecule has 7 nitrogen and oxygen atoms in total. The highest BCUT2D eigenvalue weighted by molar-refractivity contribution is 6.34. The minimum Gasteiger partial charge on any atom is -0.492 e. The molecular formula is C15H12Cl2FN3O4. The maximum absolute atomic E-state index is 14.5. The summed E-state index contributed by atoms with van der Waals surface area (Å²) in [6.07, 6.45) is 0.262. The molecule has 0 saturated heterocycles. The molecule has 1 aromatic heterocycles. The van der Waals surface area contributed by atoms with Gasteiger partial charge in [-0.2, -0.15) is 4.98 Å². The number of hydrogen-bond donors (Lipinski definition) is 1. The summed E-state index contributed by atoms with van der Waals surface area (Å²) in [7, 11) is 1.26. The SMILES string of the molecule is C=CCOC(=O)Oc1nc(-c2ccc(Cl)c(OC)c2F)nc(N)c1Cl. The minimum absolute atomic E-state index is 0.0650. The summed E-state index contributed by atoms with van der Waals surface area (Å²) >= 11 is 11.8. The fraction of sp³-hybridized carbons (Fsp3) is 0.133. The van der Waals surface area contributed by atoms with E-state index in [0.717, 1.165) is 0 Å². The number of nitrogens with two attached hydrogens (primary N) is 1. The predicted molar refractivity (Wildman–Crippen MR) is 90.6 cm³/mol. The maximum atomic E-state index is 14.5. The Labute approximate surface area is 152 Å². The van der Waals surface area contributed by atoms with Gasteiger partial charge in [0.05, 0.1) is 17.7 Å². The maximum Gasteiger partial charge on any atom is 0.515 e. The molecule has 25 heavy (non-hydrogen) atoms. The molecule has 0 aliphatic rings. The van der Waals surface area contributed by atoms with Crippen LogP contribution in [0, 0.1) is 5.82 Å². The van der Waals surface area contributed by atoms with E-state index in [1.807, 2.05) is 0 Å². The van der Waals surface area contributed by atoms with E-state index >= 15 is 0 Å². The van der Waals surface area contributed by atoms with Crippen LogP contribution in [0.5, 0.6) is 11.6 Å². The molecule has 0 aliphatic heterocycles. The lowest BCUT2D eigenvalue weighted by Crippen LogP contribution is -2.13. The number of hydrogen-bond acceptors (Lipinski definition) is 7. The van der Waals surface area contributed by atoms with Crippen LogP contribution in [0.3, 0.4) is 0 Å². The molecule has 2 aromatic rings. The van der Waals surface area contributed by atoms with Gasteiger partial charge >= 0.3 is 6.16 Å². The molecule has 2 rings (SSSR count). The average Bonchev–Trinajstić information content (AvgIpc) is 2.57. The van der Waals surface area contributed by atoms with Crippen LogP contribution >= 0.6 is 23.2 Å². The van der Waals surface area contributed by atoms with Crippen molar-refractivity contribution in [2.24, 2.45) is 0 Å². The molecule has 10 heteroatoms. The van der Waals surface area contributed by atoms with Crippen LogP contribution in [-0.2, 0) is 4.74 Å². The van der Waals surface area contributed by atoms with Gasteiger partial charge in [-0.3, -0.25) is 0 Å². The van der Waals surface area contributed by atoms with Gasteiger partial charge in [-0.15, -0.1) is 0 Å². The Morgan fingerprint density at radius 1 is 1.40 bits per heavy atom. The van der Waals surface area contributed by atoms with Crippen LogP contribution in [0.4, 0.5) is 15.0 Å². The molecule has 0 bridgehead atoms. The molecule has 132 valence electrons.